The maximum Gasteiger partial charge on any atom is 0.253 e. The quantitative estimate of drug-likeness (QED) is 0.375. The number of rotatable bonds is 6. The Bertz CT molecular complexity index is 1580. The van der Waals surface area contributed by atoms with Crippen LogP contribution in [0.2, 0.25) is 0 Å². The Labute approximate surface area is 208 Å². The summed E-state index contributed by atoms with van der Waals surface area (Å²) in [4.78, 5) is 34.0. The van der Waals surface area contributed by atoms with Gasteiger partial charge >= 0.3 is 0 Å². The molecule has 1 atom stereocenters. The number of aryl methyl sites for hydroxylation is 1. The van der Waals surface area contributed by atoms with Crippen molar-refractivity contribution < 1.29 is 9.59 Å². The molecule has 0 radical (unpaired) electrons. The van der Waals surface area contributed by atoms with Crippen LogP contribution in [-0.2, 0) is 11.8 Å². The van der Waals surface area contributed by atoms with Gasteiger partial charge in [-0.2, -0.15) is 4.98 Å². The van der Waals surface area contributed by atoms with Gasteiger partial charge in [-0.15, -0.1) is 5.10 Å². The number of pyridine rings is 2. The highest BCUT2D eigenvalue weighted by molar-refractivity contribution is 6.08. The van der Waals surface area contributed by atoms with Crippen LogP contribution in [0.1, 0.15) is 42.9 Å². The Hall–Kier alpha value is -4.53. The standard InChI is InChI=1S/C27H27N7O2/c1-16(2)25(35)31-27-30-24-14-19(10-12-34(24)32-27)18-8-9-23-20(13-18)21(15-33(23)4)26(36)29-17(3)22-7-5-6-11-28-22/h5-17H,1-4H3,(H,29,36)(H,31,32,35). The molecule has 9 nitrogen and oxygen atoms in total. The molecule has 2 N–H and O–H groups in total. The lowest BCUT2D eigenvalue weighted by atomic mass is 10.0. The van der Waals surface area contributed by atoms with Crippen molar-refractivity contribution >= 4 is 34.3 Å². The van der Waals surface area contributed by atoms with E-state index in [1.807, 2.05) is 87.1 Å². The minimum Gasteiger partial charge on any atom is -0.350 e. The number of anilines is 1. The van der Waals surface area contributed by atoms with Gasteiger partial charge in [0.1, 0.15) is 0 Å². The molecule has 1 aromatic carbocycles. The SMILES string of the molecule is CC(C)C(=O)Nc1nc2cc(-c3ccc4c(c3)c(C(=O)NC(C)c3ccccn3)cn4C)ccn2n1. The fourth-order valence-corrected chi connectivity index (χ4v) is 4.10. The number of hydrogen-bond donors (Lipinski definition) is 2. The van der Waals surface area contributed by atoms with Crippen molar-refractivity contribution in [2.24, 2.45) is 13.0 Å². The molecule has 0 bridgehead atoms. The van der Waals surface area contributed by atoms with Crippen molar-refractivity contribution in [2.75, 3.05) is 5.32 Å². The van der Waals surface area contributed by atoms with Crippen molar-refractivity contribution in [3.63, 3.8) is 0 Å². The van der Waals surface area contributed by atoms with E-state index in [2.05, 4.69) is 25.7 Å². The highest BCUT2D eigenvalue weighted by Gasteiger charge is 2.18. The second-order valence-corrected chi connectivity index (χ2v) is 9.13. The summed E-state index contributed by atoms with van der Waals surface area (Å²) < 4.78 is 3.57. The predicted molar refractivity (Wildman–Crippen MR) is 138 cm³/mol. The number of hydrogen-bond acceptors (Lipinski definition) is 5. The molecule has 0 saturated carbocycles. The van der Waals surface area contributed by atoms with Crippen molar-refractivity contribution in [3.05, 3.63) is 78.4 Å². The van der Waals surface area contributed by atoms with Crippen LogP contribution in [0.5, 0.6) is 0 Å². The summed E-state index contributed by atoms with van der Waals surface area (Å²) in [5, 5.41) is 11.0. The molecule has 0 aliphatic heterocycles. The van der Waals surface area contributed by atoms with Crippen LogP contribution in [-0.4, -0.2) is 36.0 Å². The second-order valence-electron chi connectivity index (χ2n) is 9.13. The van der Waals surface area contributed by atoms with E-state index in [0.717, 1.165) is 27.7 Å². The molecule has 0 spiro atoms. The van der Waals surface area contributed by atoms with Crippen molar-refractivity contribution in [1.82, 2.24) is 29.5 Å². The highest BCUT2D eigenvalue weighted by Crippen LogP contribution is 2.29. The van der Waals surface area contributed by atoms with Crippen LogP contribution >= 0.6 is 0 Å². The largest absolute Gasteiger partial charge is 0.350 e. The normalized spacial score (nSPS) is 12.2. The summed E-state index contributed by atoms with van der Waals surface area (Å²) in [6, 6.07) is 15.3. The van der Waals surface area contributed by atoms with E-state index in [4.69, 9.17) is 0 Å². The maximum absolute atomic E-state index is 13.2. The van der Waals surface area contributed by atoms with Gasteiger partial charge in [0.15, 0.2) is 5.65 Å². The summed E-state index contributed by atoms with van der Waals surface area (Å²) in [6.45, 7) is 5.55. The third-order valence-electron chi connectivity index (χ3n) is 6.14. The summed E-state index contributed by atoms with van der Waals surface area (Å²) in [6.07, 6.45) is 5.37. The zero-order valence-electron chi connectivity index (χ0n) is 20.6. The molecule has 36 heavy (non-hydrogen) atoms. The third-order valence-corrected chi connectivity index (χ3v) is 6.14. The van der Waals surface area contributed by atoms with Gasteiger partial charge in [-0.1, -0.05) is 26.0 Å². The van der Waals surface area contributed by atoms with Gasteiger partial charge in [0, 0.05) is 42.5 Å². The summed E-state index contributed by atoms with van der Waals surface area (Å²) in [7, 11) is 1.93. The number of nitrogens with one attached hydrogen (secondary N) is 2. The fourth-order valence-electron chi connectivity index (χ4n) is 4.10. The van der Waals surface area contributed by atoms with E-state index in [-0.39, 0.29) is 29.7 Å². The maximum atomic E-state index is 13.2. The number of nitrogens with zero attached hydrogens (tertiary/aromatic N) is 5. The molecule has 2 amide bonds. The molecule has 0 aliphatic rings. The van der Waals surface area contributed by atoms with E-state index < -0.39 is 0 Å². The Morgan fingerprint density at radius 3 is 2.56 bits per heavy atom. The van der Waals surface area contributed by atoms with Crippen LogP contribution in [0.4, 0.5) is 5.95 Å². The smallest absolute Gasteiger partial charge is 0.253 e. The van der Waals surface area contributed by atoms with Gasteiger partial charge in [0.25, 0.3) is 5.91 Å². The zero-order valence-corrected chi connectivity index (χ0v) is 20.6. The van der Waals surface area contributed by atoms with Gasteiger partial charge in [-0.05, 0) is 54.4 Å². The molecule has 0 fully saturated rings. The van der Waals surface area contributed by atoms with Crippen LogP contribution in [0, 0.1) is 5.92 Å². The summed E-state index contributed by atoms with van der Waals surface area (Å²) >= 11 is 0. The lowest BCUT2D eigenvalue weighted by Gasteiger charge is -2.13. The number of carbonyl (C=O) groups excluding carboxylic acids is 2. The van der Waals surface area contributed by atoms with Crippen LogP contribution < -0.4 is 10.6 Å². The molecule has 9 heteroatoms. The van der Waals surface area contributed by atoms with Gasteiger partial charge in [0.2, 0.25) is 11.9 Å². The minimum absolute atomic E-state index is 0.135. The van der Waals surface area contributed by atoms with Crippen LogP contribution in [0.15, 0.2) is 67.1 Å². The molecule has 182 valence electrons. The number of benzene rings is 1. The van der Waals surface area contributed by atoms with Crippen molar-refractivity contribution in [2.45, 2.75) is 26.8 Å². The van der Waals surface area contributed by atoms with Gasteiger partial charge in [-0.25, -0.2) is 4.52 Å². The summed E-state index contributed by atoms with van der Waals surface area (Å²) in [5.41, 5.74) is 4.84. The average Bonchev–Trinajstić information content (AvgIpc) is 3.43. The molecular formula is C27H27N7O2. The zero-order chi connectivity index (χ0) is 25.4. The van der Waals surface area contributed by atoms with Crippen LogP contribution in [0.3, 0.4) is 0 Å². The van der Waals surface area contributed by atoms with E-state index in [1.54, 1.807) is 16.9 Å². The molecular weight excluding hydrogens is 454 g/mol. The molecule has 4 aromatic heterocycles. The monoisotopic (exact) mass is 481 g/mol. The first-order valence-electron chi connectivity index (χ1n) is 11.8. The van der Waals surface area contributed by atoms with Gasteiger partial charge < -0.3 is 9.88 Å². The molecule has 0 aliphatic carbocycles. The number of carbonyl (C=O) groups is 2. The average molecular weight is 482 g/mol. The van der Waals surface area contributed by atoms with Crippen molar-refractivity contribution in [3.8, 4) is 11.1 Å². The van der Waals surface area contributed by atoms with Gasteiger partial charge in [-0.3, -0.25) is 19.9 Å². The minimum atomic E-state index is -0.224. The Balaban J connectivity index is 1.46. The van der Waals surface area contributed by atoms with Crippen LogP contribution in [0.25, 0.3) is 27.7 Å². The molecule has 5 rings (SSSR count). The number of fused-ring (bicyclic) bond motifs is 2. The highest BCUT2D eigenvalue weighted by atomic mass is 16.2. The molecule has 5 aromatic rings. The molecule has 4 heterocycles. The topological polar surface area (TPSA) is 106 Å². The van der Waals surface area contributed by atoms with Crippen molar-refractivity contribution in [1.29, 1.82) is 0 Å². The lowest BCUT2D eigenvalue weighted by molar-refractivity contribution is -0.118. The molecule has 0 saturated heterocycles. The molecule has 1 unspecified atom stereocenters. The second kappa shape index (κ2) is 9.26. The van der Waals surface area contributed by atoms with Gasteiger partial charge in [0.05, 0.1) is 17.3 Å². The van der Waals surface area contributed by atoms with E-state index in [9.17, 15) is 9.59 Å². The Kier molecular flexibility index (Phi) is 5.97. The summed E-state index contributed by atoms with van der Waals surface area (Å²) in [5.74, 6) is -0.188. The fraction of sp³-hybridized carbons (Fsp3) is 0.222. The van der Waals surface area contributed by atoms with E-state index in [0.29, 0.717) is 11.2 Å². The number of amides is 2. The Morgan fingerprint density at radius 2 is 1.81 bits per heavy atom. The predicted octanol–water partition coefficient (Wildman–Crippen LogP) is 4.37. The van der Waals surface area contributed by atoms with E-state index in [1.165, 1.54) is 0 Å². The first-order valence-corrected chi connectivity index (χ1v) is 11.8. The Morgan fingerprint density at radius 1 is 1.00 bits per heavy atom. The van der Waals surface area contributed by atoms with E-state index >= 15 is 0 Å². The first-order chi connectivity index (χ1) is 17.3. The first kappa shape index (κ1) is 23.2. The lowest BCUT2D eigenvalue weighted by Crippen LogP contribution is -2.27. The number of aromatic nitrogens is 5. The third kappa shape index (κ3) is 4.43.